The lowest BCUT2D eigenvalue weighted by atomic mass is 10.1. The molecule has 0 spiro atoms. The van der Waals surface area contributed by atoms with Gasteiger partial charge >= 0.3 is 0 Å². The number of halogens is 1. The van der Waals surface area contributed by atoms with E-state index >= 15 is 0 Å². The van der Waals surface area contributed by atoms with Gasteiger partial charge in [0, 0.05) is 22.5 Å². The zero-order chi connectivity index (χ0) is 20.0. The summed E-state index contributed by atoms with van der Waals surface area (Å²) in [5, 5.41) is 4.44. The number of aromatic nitrogens is 3. The number of aromatic amines is 1. The third-order valence-electron chi connectivity index (χ3n) is 4.93. The van der Waals surface area contributed by atoms with E-state index in [1.165, 1.54) is 0 Å². The molecule has 2 heterocycles. The molecule has 0 atom stereocenters. The van der Waals surface area contributed by atoms with Gasteiger partial charge in [-0.25, -0.2) is 4.98 Å². The first-order valence-electron chi connectivity index (χ1n) is 9.07. The topological polar surface area (TPSA) is 62.2 Å². The number of carbonyl (C=O) groups excluding carboxylic acids is 1. The zero-order valence-corrected chi connectivity index (χ0v) is 16.7. The van der Waals surface area contributed by atoms with E-state index in [-0.39, 0.29) is 5.91 Å². The van der Waals surface area contributed by atoms with Crippen molar-refractivity contribution in [2.75, 3.05) is 0 Å². The molecule has 5 nitrogen and oxygen atoms in total. The number of nitrogens with zero attached hydrogens (tertiary/aromatic N) is 2. The Morgan fingerprint density at radius 2 is 1.90 bits per heavy atom. The van der Waals surface area contributed by atoms with Crippen LogP contribution >= 0.6 is 23.8 Å². The summed E-state index contributed by atoms with van der Waals surface area (Å²) in [6, 6.07) is 20.8. The van der Waals surface area contributed by atoms with Gasteiger partial charge in [0.15, 0.2) is 4.77 Å². The molecule has 5 rings (SSSR count). The van der Waals surface area contributed by atoms with Crippen molar-refractivity contribution in [1.29, 1.82) is 0 Å². The highest BCUT2D eigenvalue weighted by Gasteiger charge is 2.12. The lowest BCUT2D eigenvalue weighted by Crippen LogP contribution is -2.22. The van der Waals surface area contributed by atoms with Crippen LogP contribution in [0.15, 0.2) is 66.7 Å². The lowest BCUT2D eigenvalue weighted by molar-refractivity contribution is 0.0951. The second-order valence-corrected chi connectivity index (χ2v) is 7.52. The number of amides is 1. The molecule has 0 saturated carbocycles. The summed E-state index contributed by atoms with van der Waals surface area (Å²) in [7, 11) is 0. The first kappa shape index (κ1) is 17.8. The second-order valence-electron chi connectivity index (χ2n) is 6.72. The van der Waals surface area contributed by atoms with Crippen LogP contribution in [0.1, 0.15) is 15.9 Å². The number of H-pyrrole nitrogens is 1. The first-order valence-corrected chi connectivity index (χ1v) is 9.85. The van der Waals surface area contributed by atoms with Crippen LogP contribution < -0.4 is 5.32 Å². The monoisotopic (exact) mass is 418 g/mol. The van der Waals surface area contributed by atoms with Crippen LogP contribution in [0, 0.1) is 4.77 Å². The number of imidazole rings is 1. The van der Waals surface area contributed by atoms with Gasteiger partial charge < -0.3 is 10.3 Å². The smallest absolute Gasteiger partial charge is 0.251 e. The number of carbonyl (C=O) groups is 1. The maximum Gasteiger partial charge on any atom is 0.251 e. The summed E-state index contributed by atoms with van der Waals surface area (Å²) in [6.45, 7) is 0.358. The molecule has 5 aromatic rings. The quantitative estimate of drug-likeness (QED) is 0.392. The molecule has 1 amide bonds. The minimum absolute atomic E-state index is 0.181. The van der Waals surface area contributed by atoms with E-state index < -0.39 is 0 Å². The van der Waals surface area contributed by atoms with E-state index in [1.807, 2.05) is 52.9 Å². The number of benzene rings is 3. The van der Waals surface area contributed by atoms with E-state index in [0.717, 1.165) is 33.1 Å². The Morgan fingerprint density at radius 1 is 1.10 bits per heavy atom. The Labute approximate surface area is 176 Å². The number of para-hydroxylation sites is 2. The summed E-state index contributed by atoms with van der Waals surface area (Å²) in [5.74, 6) is -0.181. The fourth-order valence-electron chi connectivity index (χ4n) is 3.49. The lowest BCUT2D eigenvalue weighted by Gasteiger charge is -2.08. The molecule has 142 valence electrons. The number of rotatable bonds is 3. The normalized spacial score (nSPS) is 11.3. The summed E-state index contributed by atoms with van der Waals surface area (Å²) in [4.78, 5) is 20.6. The number of fused-ring (bicyclic) bond motifs is 5. The third kappa shape index (κ3) is 3.06. The molecule has 0 unspecified atom stereocenters. The van der Waals surface area contributed by atoms with Crippen LogP contribution in [0.4, 0.5) is 0 Å². The molecule has 3 aromatic carbocycles. The molecule has 0 aliphatic carbocycles. The Kier molecular flexibility index (Phi) is 4.30. The molecule has 2 N–H and O–H groups in total. The average molecular weight is 419 g/mol. The van der Waals surface area contributed by atoms with Gasteiger partial charge in [-0.05, 0) is 54.2 Å². The standard InChI is InChI=1S/C22H15ClN4OS/c23-16-6-2-1-5-14(16)12-24-21(28)13-9-10-15-18(11-13)26-22(29)27-19-8-4-3-7-17(19)25-20(15)27/h1-11H,12H2,(H,24,28)(H,26,29). The maximum atomic E-state index is 12.6. The summed E-state index contributed by atoms with van der Waals surface area (Å²) in [6.07, 6.45) is 0. The van der Waals surface area contributed by atoms with E-state index in [0.29, 0.717) is 21.9 Å². The van der Waals surface area contributed by atoms with Crippen molar-refractivity contribution < 1.29 is 4.79 Å². The highest BCUT2D eigenvalue weighted by Crippen LogP contribution is 2.24. The van der Waals surface area contributed by atoms with Crippen LogP contribution in [0.3, 0.4) is 0 Å². The van der Waals surface area contributed by atoms with Crippen LogP contribution in [0.5, 0.6) is 0 Å². The van der Waals surface area contributed by atoms with Crippen LogP contribution in [0.2, 0.25) is 5.02 Å². The summed E-state index contributed by atoms with van der Waals surface area (Å²) >= 11 is 11.7. The predicted octanol–water partition coefficient (Wildman–Crippen LogP) is 5.28. The maximum absolute atomic E-state index is 12.6. The van der Waals surface area contributed by atoms with E-state index in [1.54, 1.807) is 18.2 Å². The molecule has 0 aliphatic heterocycles. The van der Waals surface area contributed by atoms with Crippen LogP contribution in [-0.2, 0) is 6.54 Å². The largest absolute Gasteiger partial charge is 0.348 e. The Morgan fingerprint density at radius 3 is 2.76 bits per heavy atom. The van der Waals surface area contributed by atoms with Crippen molar-refractivity contribution in [3.8, 4) is 0 Å². The number of hydrogen-bond acceptors (Lipinski definition) is 3. The molecule has 0 radical (unpaired) electrons. The molecule has 0 bridgehead atoms. The highest BCUT2D eigenvalue weighted by molar-refractivity contribution is 7.71. The van der Waals surface area contributed by atoms with Crippen LogP contribution in [-0.4, -0.2) is 20.3 Å². The van der Waals surface area contributed by atoms with Crippen molar-refractivity contribution in [2.24, 2.45) is 0 Å². The van der Waals surface area contributed by atoms with Gasteiger partial charge in [0.1, 0.15) is 5.65 Å². The third-order valence-corrected chi connectivity index (χ3v) is 5.58. The Bertz CT molecular complexity index is 1470. The van der Waals surface area contributed by atoms with E-state index in [2.05, 4.69) is 10.3 Å². The van der Waals surface area contributed by atoms with Crippen molar-refractivity contribution in [1.82, 2.24) is 19.7 Å². The van der Waals surface area contributed by atoms with Gasteiger partial charge in [-0.2, -0.15) is 0 Å². The molecule has 0 fully saturated rings. The predicted molar refractivity (Wildman–Crippen MR) is 118 cm³/mol. The van der Waals surface area contributed by atoms with Gasteiger partial charge in [0.2, 0.25) is 0 Å². The van der Waals surface area contributed by atoms with Crippen molar-refractivity contribution in [3.63, 3.8) is 0 Å². The SMILES string of the molecule is O=C(NCc1ccccc1Cl)c1ccc2c(c1)[nH]c(=S)n1c3ccccc3nc21. The molecule has 2 aromatic heterocycles. The molecule has 29 heavy (non-hydrogen) atoms. The highest BCUT2D eigenvalue weighted by atomic mass is 35.5. The fraction of sp³-hybridized carbons (Fsp3) is 0.0455. The average Bonchev–Trinajstić information content (AvgIpc) is 3.13. The van der Waals surface area contributed by atoms with Crippen LogP contribution in [0.25, 0.3) is 27.6 Å². The fourth-order valence-corrected chi connectivity index (χ4v) is 3.98. The van der Waals surface area contributed by atoms with Crippen molar-refractivity contribution in [2.45, 2.75) is 6.54 Å². The van der Waals surface area contributed by atoms with Crippen molar-refractivity contribution in [3.05, 3.63) is 87.7 Å². The summed E-state index contributed by atoms with van der Waals surface area (Å²) in [5.41, 5.74) is 4.77. The minimum Gasteiger partial charge on any atom is -0.348 e. The molecular weight excluding hydrogens is 404 g/mol. The minimum atomic E-state index is -0.181. The van der Waals surface area contributed by atoms with Gasteiger partial charge in [-0.1, -0.05) is 41.9 Å². The Hall–Kier alpha value is -3.22. The van der Waals surface area contributed by atoms with Gasteiger partial charge in [0.25, 0.3) is 5.91 Å². The molecular formula is C22H15ClN4OS. The number of hydrogen-bond donors (Lipinski definition) is 2. The van der Waals surface area contributed by atoms with Gasteiger partial charge in [0.05, 0.1) is 16.6 Å². The molecule has 0 saturated heterocycles. The van der Waals surface area contributed by atoms with Crippen molar-refractivity contribution >= 4 is 57.3 Å². The first-order chi connectivity index (χ1) is 14.1. The molecule has 7 heteroatoms. The van der Waals surface area contributed by atoms with E-state index in [4.69, 9.17) is 28.8 Å². The number of nitrogens with one attached hydrogen (secondary N) is 2. The Balaban J connectivity index is 1.54. The summed E-state index contributed by atoms with van der Waals surface area (Å²) < 4.78 is 2.46. The van der Waals surface area contributed by atoms with Gasteiger partial charge in [-0.15, -0.1) is 0 Å². The van der Waals surface area contributed by atoms with Gasteiger partial charge in [-0.3, -0.25) is 9.20 Å². The molecule has 0 aliphatic rings. The second kappa shape index (κ2) is 6.99. The zero-order valence-electron chi connectivity index (χ0n) is 15.1. The van der Waals surface area contributed by atoms with E-state index in [9.17, 15) is 4.79 Å².